The summed E-state index contributed by atoms with van der Waals surface area (Å²) in [5.74, 6) is -0.474. The number of para-hydroxylation sites is 1. The molecule has 0 aliphatic heterocycles. The molecule has 0 saturated heterocycles. The predicted molar refractivity (Wildman–Crippen MR) is 89.0 cm³/mol. The molecule has 0 radical (unpaired) electrons. The van der Waals surface area contributed by atoms with E-state index in [2.05, 4.69) is 17.1 Å². The number of rotatable bonds is 6. The van der Waals surface area contributed by atoms with Gasteiger partial charge >= 0.3 is 0 Å². The van der Waals surface area contributed by atoms with E-state index in [-0.39, 0.29) is 11.3 Å². The van der Waals surface area contributed by atoms with Crippen LogP contribution in [0.25, 0.3) is 0 Å². The molecule has 0 heterocycles. The Morgan fingerprint density at radius 3 is 2.26 bits per heavy atom. The van der Waals surface area contributed by atoms with Crippen molar-refractivity contribution in [2.75, 3.05) is 5.43 Å². The first-order valence-electron chi connectivity index (χ1n) is 6.89. The SMILES string of the molecule is C=C(C#N)[C@@H](O)/C(=N/Nc1ccccc1)C(=O)c1ccccc1. The lowest BCUT2D eigenvalue weighted by molar-refractivity contribution is 0.105. The number of nitriles is 1. The van der Waals surface area contributed by atoms with Crippen molar-refractivity contribution in [3.05, 3.63) is 78.4 Å². The highest BCUT2D eigenvalue weighted by atomic mass is 16.3. The minimum absolute atomic E-state index is 0.150. The van der Waals surface area contributed by atoms with Crippen molar-refractivity contribution in [1.29, 1.82) is 5.26 Å². The second kappa shape index (κ2) is 7.69. The number of aliphatic hydroxyl groups excluding tert-OH is 1. The zero-order chi connectivity index (χ0) is 16.7. The fourth-order valence-electron chi connectivity index (χ4n) is 1.84. The van der Waals surface area contributed by atoms with Crippen molar-refractivity contribution in [2.45, 2.75) is 6.10 Å². The molecule has 0 aliphatic carbocycles. The second-order valence-electron chi connectivity index (χ2n) is 4.71. The van der Waals surface area contributed by atoms with E-state index in [0.29, 0.717) is 11.3 Å². The number of anilines is 1. The Morgan fingerprint density at radius 2 is 1.70 bits per heavy atom. The topological polar surface area (TPSA) is 85.5 Å². The van der Waals surface area contributed by atoms with Crippen LogP contribution in [0.1, 0.15) is 10.4 Å². The van der Waals surface area contributed by atoms with Gasteiger partial charge < -0.3 is 5.11 Å². The first-order chi connectivity index (χ1) is 11.1. The smallest absolute Gasteiger partial charge is 0.212 e. The fraction of sp³-hybridized carbons (Fsp3) is 0.0556. The Morgan fingerprint density at radius 1 is 1.13 bits per heavy atom. The largest absolute Gasteiger partial charge is 0.381 e. The van der Waals surface area contributed by atoms with Gasteiger partial charge in [0.15, 0.2) is 0 Å². The first kappa shape index (κ1) is 16.1. The van der Waals surface area contributed by atoms with Gasteiger partial charge in [-0.15, -0.1) is 0 Å². The Kier molecular flexibility index (Phi) is 5.40. The molecule has 2 aromatic carbocycles. The average molecular weight is 305 g/mol. The molecule has 2 rings (SSSR count). The van der Waals surface area contributed by atoms with Crippen molar-refractivity contribution in [1.82, 2.24) is 0 Å². The van der Waals surface area contributed by atoms with Crippen LogP contribution in [0.2, 0.25) is 0 Å². The lowest BCUT2D eigenvalue weighted by Gasteiger charge is -2.12. The fourth-order valence-corrected chi connectivity index (χ4v) is 1.84. The molecule has 0 aliphatic rings. The van der Waals surface area contributed by atoms with Crippen LogP contribution in [0.3, 0.4) is 0 Å². The predicted octanol–water partition coefficient (Wildman–Crippen LogP) is 2.78. The lowest BCUT2D eigenvalue weighted by atomic mass is 9.99. The third-order valence-corrected chi connectivity index (χ3v) is 3.08. The summed E-state index contributed by atoms with van der Waals surface area (Å²) < 4.78 is 0. The molecule has 0 saturated carbocycles. The van der Waals surface area contributed by atoms with Gasteiger partial charge in [0.05, 0.1) is 17.3 Å². The van der Waals surface area contributed by atoms with E-state index in [4.69, 9.17) is 5.26 Å². The monoisotopic (exact) mass is 305 g/mol. The Labute approximate surface area is 134 Å². The number of Topliss-reactive ketones (excluding diaryl/α,β-unsaturated/α-hetero) is 1. The summed E-state index contributed by atoms with van der Waals surface area (Å²) in [5.41, 5.74) is 3.39. The summed E-state index contributed by atoms with van der Waals surface area (Å²) in [6.07, 6.45) is -1.47. The van der Waals surface area contributed by atoms with Gasteiger partial charge in [0.2, 0.25) is 5.78 Å². The maximum absolute atomic E-state index is 12.5. The normalized spacial score (nSPS) is 12.1. The summed E-state index contributed by atoms with van der Waals surface area (Å²) in [6.45, 7) is 3.45. The van der Waals surface area contributed by atoms with Crippen molar-refractivity contribution in [3.63, 3.8) is 0 Å². The number of nitrogens with zero attached hydrogens (tertiary/aromatic N) is 2. The van der Waals surface area contributed by atoms with Crippen molar-refractivity contribution >= 4 is 17.2 Å². The number of ketones is 1. The minimum atomic E-state index is -1.47. The van der Waals surface area contributed by atoms with Crippen LogP contribution in [0, 0.1) is 11.3 Å². The summed E-state index contributed by atoms with van der Waals surface area (Å²) in [5, 5.41) is 23.1. The Hall–Kier alpha value is -3.23. The number of benzene rings is 2. The van der Waals surface area contributed by atoms with E-state index in [1.165, 1.54) is 0 Å². The molecular weight excluding hydrogens is 290 g/mol. The maximum atomic E-state index is 12.5. The summed E-state index contributed by atoms with van der Waals surface area (Å²) in [7, 11) is 0. The van der Waals surface area contributed by atoms with E-state index in [1.807, 2.05) is 6.07 Å². The van der Waals surface area contributed by atoms with Gasteiger partial charge in [-0.25, -0.2) is 0 Å². The van der Waals surface area contributed by atoms with Crippen LogP contribution >= 0.6 is 0 Å². The van der Waals surface area contributed by atoms with Gasteiger partial charge in [0.1, 0.15) is 11.8 Å². The zero-order valence-corrected chi connectivity index (χ0v) is 12.3. The van der Waals surface area contributed by atoms with Crippen molar-refractivity contribution in [3.8, 4) is 6.07 Å². The molecule has 0 fully saturated rings. The molecule has 0 spiro atoms. The number of hydrazone groups is 1. The number of carbonyl (C=O) groups excluding carboxylic acids is 1. The highest BCUT2D eigenvalue weighted by molar-refractivity contribution is 6.48. The third kappa shape index (κ3) is 4.13. The summed E-state index contributed by atoms with van der Waals surface area (Å²) in [4.78, 5) is 12.5. The van der Waals surface area contributed by atoms with Gasteiger partial charge in [-0.3, -0.25) is 10.2 Å². The highest BCUT2D eigenvalue weighted by Crippen LogP contribution is 2.11. The molecule has 1 atom stereocenters. The quantitative estimate of drug-likeness (QED) is 0.372. The Bertz CT molecular complexity index is 762. The molecule has 2 N–H and O–H groups in total. The molecule has 5 heteroatoms. The lowest BCUT2D eigenvalue weighted by Crippen LogP contribution is -2.31. The van der Waals surface area contributed by atoms with Crippen LogP contribution < -0.4 is 5.43 Å². The number of hydrogen-bond donors (Lipinski definition) is 2. The number of aliphatic hydroxyl groups is 1. The molecule has 0 amide bonds. The minimum Gasteiger partial charge on any atom is -0.381 e. The van der Waals surface area contributed by atoms with Crippen LogP contribution in [-0.4, -0.2) is 22.7 Å². The van der Waals surface area contributed by atoms with Gasteiger partial charge in [-0.05, 0) is 12.1 Å². The number of carbonyl (C=O) groups is 1. The van der Waals surface area contributed by atoms with Crippen LogP contribution in [0.4, 0.5) is 5.69 Å². The van der Waals surface area contributed by atoms with E-state index in [0.717, 1.165) is 0 Å². The molecule has 23 heavy (non-hydrogen) atoms. The summed E-state index contributed by atoms with van der Waals surface area (Å²) in [6, 6.07) is 19.2. The van der Waals surface area contributed by atoms with E-state index in [1.54, 1.807) is 60.7 Å². The number of hydrogen-bond acceptors (Lipinski definition) is 5. The highest BCUT2D eigenvalue weighted by Gasteiger charge is 2.24. The maximum Gasteiger partial charge on any atom is 0.212 e. The number of nitrogens with one attached hydrogen (secondary N) is 1. The van der Waals surface area contributed by atoms with Gasteiger partial charge in [0.25, 0.3) is 0 Å². The van der Waals surface area contributed by atoms with Crippen molar-refractivity contribution < 1.29 is 9.90 Å². The average Bonchev–Trinajstić information content (AvgIpc) is 2.62. The molecule has 5 nitrogen and oxygen atoms in total. The van der Waals surface area contributed by atoms with E-state index < -0.39 is 11.9 Å². The third-order valence-electron chi connectivity index (χ3n) is 3.08. The molecule has 0 unspecified atom stereocenters. The van der Waals surface area contributed by atoms with Crippen LogP contribution in [-0.2, 0) is 0 Å². The van der Waals surface area contributed by atoms with Crippen LogP contribution in [0.5, 0.6) is 0 Å². The molecular formula is C18H15N3O2. The van der Waals surface area contributed by atoms with Gasteiger partial charge in [-0.2, -0.15) is 10.4 Å². The molecule has 2 aromatic rings. The second-order valence-corrected chi connectivity index (χ2v) is 4.71. The van der Waals surface area contributed by atoms with E-state index in [9.17, 15) is 9.90 Å². The molecule has 0 bridgehead atoms. The molecule has 114 valence electrons. The zero-order valence-electron chi connectivity index (χ0n) is 12.3. The van der Waals surface area contributed by atoms with Gasteiger partial charge in [0, 0.05) is 5.56 Å². The first-order valence-corrected chi connectivity index (χ1v) is 6.89. The van der Waals surface area contributed by atoms with Gasteiger partial charge in [-0.1, -0.05) is 55.1 Å². The molecule has 0 aromatic heterocycles. The van der Waals surface area contributed by atoms with Crippen molar-refractivity contribution in [2.24, 2.45) is 5.10 Å². The van der Waals surface area contributed by atoms with Crippen LogP contribution in [0.15, 0.2) is 77.9 Å². The van der Waals surface area contributed by atoms with E-state index >= 15 is 0 Å². The Balaban J connectivity index is 2.34. The summed E-state index contributed by atoms with van der Waals surface area (Å²) >= 11 is 0. The standard InChI is InChI=1S/C18H15N3O2/c1-13(12-19)17(22)16(18(23)14-8-4-2-5-9-14)21-20-15-10-6-3-7-11-15/h2-11,17,20,22H,1H2/b21-16-/t17-/m1/s1.